The highest BCUT2D eigenvalue weighted by Gasteiger charge is 2.60. The number of hydrogen-bond acceptors (Lipinski definition) is 5. The van der Waals surface area contributed by atoms with Crippen molar-refractivity contribution in [2.75, 3.05) is 11.9 Å². The highest BCUT2D eigenvalue weighted by Crippen LogP contribution is 2.52. The smallest absolute Gasteiger partial charge is 0.329 e. The second kappa shape index (κ2) is 7.46. The Morgan fingerprint density at radius 2 is 1.79 bits per heavy atom. The summed E-state index contributed by atoms with van der Waals surface area (Å²) in [5, 5.41) is 3.16. The van der Waals surface area contributed by atoms with Crippen LogP contribution >= 0.6 is 23.2 Å². The molecule has 1 saturated carbocycles. The van der Waals surface area contributed by atoms with E-state index in [1.165, 1.54) is 19.1 Å². The molecule has 152 valence electrons. The fraction of sp³-hybridized carbons (Fsp3) is 0.400. The van der Waals surface area contributed by atoms with E-state index in [0.29, 0.717) is 5.02 Å². The van der Waals surface area contributed by atoms with Gasteiger partial charge in [-0.25, -0.2) is 4.79 Å². The highest BCUT2D eigenvalue weighted by atomic mass is 35.5. The number of rotatable bonds is 5. The van der Waals surface area contributed by atoms with Gasteiger partial charge in [0.15, 0.2) is 6.61 Å². The van der Waals surface area contributed by atoms with Crippen molar-refractivity contribution in [3.63, 3.8) is 0 Å². The van der Waals surface area contributed by atoms with E-state index in [-0.39, 0.29) is 46.2 Å². The van der Waals surface area contributed by atoms with Crippen molar-refractivity contribution in [2.24, 2.45) is 23.7 Å². The van der Waals surface area contributed by atoms with Crippen LogP contribution in [-0.2, 0) is 23.9 Å². The average Bonchev–Trinajstić information content (AvgIpc) is 3.36. The predicted molar refractivity (Wildman–Crippen MR) is 105 cm³/mol. The van der Waals surface area contributed by atoms with Crippen LogP contribution < -0.4 is 5.32 Å². The molecule has 2 aliphatic carbocycles. The Hall–Kier alpha value is -2.38. The van der Waals surface area contributed by atoms with Gasteiger partial charge in [0.25, 0.3) is 5.91 Å². The van der Waals surface area contributed by atoms with Crippen LogP contribution in [-0.4, -0.2) is 41.2 Å². The van der Waals surface area contributed by atoms with Gasteiger partial charge in [0, 0.05) is 5.02 Å². The quantitative estimate of drug-likeness (QED) is 0.435. The zero-order chi connectivity index (χ0) is 20.9. The lowest BCUT2D eigenvalue weighted by Gasteiger charge is -2.23. The van der Waals surface area contributed by atoms with Crippen LogP contribution in [0.3, 0.4) is 0 Å². The summed E-state index contributed by atoms with van der Waals surface area (Å²) in [5.41, 5.74) is 0.286. The lowest BCUT2D eigenvalue weighted by molar-refractivity contribution is -0.159. The van der Waals surface area contributed by atoms with Crippen molar-refractivity contribution in [1.82, 2.24) is 4.90 Å². The molecule has 2 fully saturated rings. The van der Waals surface area contributed by atoms with Crippen LogP contribution in [0.2, 0.25) is 10.0 Å². The molecule has 4 rings (SSSR count). The number of fused-ring (bicyclic) bond motifs is 5. The summed E-state index contributed by atoms with van der Waals surface area (Å²) in [7, 11) is 0. The maximum absolute atomic E-state index is 12.7. The standard InChI is InChI=1S/C20H18Cl2N2O5/c1-9(24-18(26)16-10-2-3-11(6-10)17(16)19(24)27)20(28)29-8-15(25)23-14-7-12(21)4-5-13(14)22/h2-5,7,9-11,16-17H,6,8H2,1H3,(H,23,25)/t9-,10+,11+,16+,17+/m1/s1. The summed E-state index contributed by atoms with van der Waals surface area (Å²) < 4.78 is 5.02. The zero-order valence-corrected chi connectivity index (χ0v) is 16.9. The lowest BCUT2D eigenvalue weighted by atomic mass is 9.85. The van der Waals surface area contributed by atoms with Gasteiger partial charge in [0.1, 0.15) is 6.04 Å². The molecule has 0 radical (unpaired) electrons. The van der Waals surface area contributed by atoms with E-state index >= 15 is 0 Å². The second-order valence-electron chi connectivity index (χ2n) is 7.50. The number of imide groups is 1. The van der Waals surface area contributed by atoms with Gasteiger partial charge in [0.2, 0.25) is 11.8 Å². The molecule has 29 heavy (non-hydrogen) atoms. The van der Waals surface area contributed by atoms with Crippen LogP contribution in [0.5, 0.6) is 0 Å². The number of halogens is 2. The molecule has 1 heterocycles. The van der Waals surface area contributed by atoms with Gasteiger partial charge >= 0.3 is 5.97 Å². The molecule has 1 aromatic rings. The van der Waals surface area contributed by atoms with Crippen molar-refractivity contribution < 1.29 is 23.9 Å². The SMILES string of the molecule is C[C@H](C(=O)OCC(=O)Nc1cc(Cl)ccc1Cl)N1C(=O)[C@@H]2[C@@H](C1=O)[C@H]1C=C[C@H]2C1. The van der Waals surface area contributed by atoms with Crippen LogP contribution in [0.4, 0.5) is 5.69 Å². The normalized spacial score (nSPS) is 27.9. The van der Waals surface area contributed by atoms with Gasteiger partial charge in [-0.3, -0.25) is 19.3 Å². The number of esters is 1. The third kappa shape index (κ3) is 3.42. The fourth-order valence-corrected chi connectivity index (χ4v) is 4.79. The van der Waals surface area contributed by atoms with E-state index < -0.39 is 24.5 Å². The molecule has 3 aliphatic rings. The summed E-state index contributed by atoms with van der Waals surface area (Å²) in [4.78, 5) is 50.9. The van der Waals surface area contributed by atoms with Gasteiger partial charge in [-0.2, -0.15) is 0 Å². The van der Waals surface area contributed by atoms with Crippen molar-refractivity contribution in [3.8, 4) is 0 Å². The van der Waals surface area contributed by atoms with Crippen LogP contribution in [0, 0.1) is 23.7 Å². The zero-order valence-electron chi connectivity index (χ0n) is 15.4. The molecular formula is C20H18Cl2N2O5. The molecule has 1 N–H and O–H groups in total. The third-order valence-electron chi connectivity index (χ3n) is 5.78. The molecule has 5 atom stereocenters. The molecule has 3 amide bonds. The molecule has 7 nitrogen and oxygen atoms in total. The third-order valence-corrected chi connectivity index (χ3v) is 6.35. The number of nitrogens with one attached hydrogen (secondary N) is 1. The number of carbonyl (C=O) groups is 4. The lowest BCUT2D eigenvalue weighted by Crippen LogP contribution is -2.45. The number of amides is 3. The fourth-order valence-electron chi connectivity index (χ4n) is 4.45. The van der Waals surface area contributed by atoms with Crippen molar-refractivity contribution >= 4 is 52.6 Å². The highest BCUT2D eigenvalue weighted by molar-refractivity contribution is 6.35. The molecule has 1 aromatic carbocycles. The van der Waals surface area contributed by atoms with Crippen LogP contribution in [0.1, 0.15) is 13.3 Å². The van der Waals surface area contributed by atoms with E-state index in [2.05, 4.69) is 5.32 Å². The number of ether oxygens (including phenoxy) is 1. The Kier molecular flexibility index (Phi) is 5.12. The topological polar surface area (TPSA) is 92.8 Å². The Morgan fingerprint density at radius 3 is 2.41 bits per heavy atom. The first kappa shape index (κ1) is 19.9. The predicted octanol–water partition coefficient (Wildman–Crippen LogP) is 2.67. The molecule has 1 aliphatic heterocycles. The Bertz CT molecular complexity index is 917. The number of nitrogens with zero attached hydrogens (tertiary/aromatic N) is 1. The maximum atomic E-state index is 12.7. The van der Waals surface area contributed by atoms with Gasteiger partial charge in [0.05, 0.1) is 22.5 Å². The molecular weight excluding hydrogens is 419 g/mol. The minimum Gasteiger partial charge on any atom is -0.454 e. The minimum atomic E-state index is -1.09. The number of hydrogen-bond donors (Lipinski definition) is 1. The minimum absolute atomic E-state index is 0.0582. The van der Waals surface area contributed by atoms with E-state index in [1.54, 1.807) is 6.07 Å². The van der Waals surface area contributed by atoms with Gasteiger partial charge in [-0.15, -0.1) is 0 Å². The number of likely N-dealkylation sites (tertiary alicyclic amines) is 1. The van der Waals surface area contributed by atoms with Crippen LogP contribution in [0.25, 0.3) is 0 Å². The van der Waals surface area contributed by atoms with E-state index in [4.69, 9.17) is 27.9 Å². The molecule has 0 spiro atoms. The number of benzene rings is 1. The van der Waals surface area contributed by atoms with Crippen molar-refractivity contribution in [3.05, 3.63) is 40.4 Å². The van der Waals surface area contributed by atoms with E-state index in [1.807, 2.05) is 12.2 Å². The summed E-state index contributed by atoms with van der Waals surface area (Å²) >= 11 is 11.8. The van der Waals surface area contributed by atoms with Crippen molar-refractivity contribution in [1.29, 1.82) is 0 Å². The Balaban J connectivity index is 1.35. The molecule has 0 aromatic heterocycles. The van der Waals surface area contributed by atoms with Gasteiger partial charge in [-0.1, -0.05) is 35.4 Å². The van der Waals surface area contributed by atoms with Gasteiger partial charge < -0.3 is 10.1 Å². The molecule has 9 heteroatoms. The summed E-state index contributed by atoms with van der Waals surface area (Å²) in [6.45, 7) is 0.849. The molecule has 2 bridgehead atoms. The van der Waals surface area contributed by atoms with Crippen LogP contribution in [0.15, 0.2) is 30.4 Å². The van der Waals surface area contributed by atoms with E-state index in [9.17, 15) is 19.2 Å². The van der Waals surface area contributed by atoms with Crippen molar-refractivity contribution in [2.45, 2.75) is 19.4 Å². The number of anilines is 1. The molecule has 1 saturated heterocycles. The number of allylic oxidation sites excluding steroid dienone is 2. The summed E-state index contributed by atoms with van der Waals surface area (Å²) in [6, 6.07) is 3.47. The molecule has 0 unspecified atom stereocenters. The Morgan fingerprint density at radius 1 is 1.17 bits per heavy atom. The average molecular weight is 437 g/mol. The first-order valence-electron chi connectivity index (χ1n) is 9.24. The van der Waals surface area contributed by atoms with Gasteiger partial charge in [-0.05, 0) is 43.4 Å². The first-order chi connectivity index (χ1) is 13.8. The largest absolute Gasteiger partial charge is 0.454 e. The summed E-state index contributed by atoms with van der Waals surface area (Å²) in [5.74, 6) is -2.77. The summed E-state index contributed by atoms with van der Waals surface area (Å²) in [6.07, 6.45) is 4.77. The number of carbonyl (C=O) groups excluding carboxylic acids is 4. The second-order valence-corrected chi connectivity index (χ2v) is 8.35. The Labute approximate surface area is 177 Å². The van der Waals surface area contributed by atoms with E-state index in [0.717, 1.165) is 11.3 Å². The first-order valence-corrected chi connectivity index (χ1v) is 10.0. The maximum Gasteiger partial charge on any atom is 0.329 e. The monoisotopic (exact) mass is 436 g/mol.